The van der Waals surface area contributed by atoms with Gasteiger partial charge in [-0.05, 0) is 62.7 Å². The average molecular weight is 304 g/mol. The number of unbranched alkanes of at least 4 members (excludes halogenated alkanes) is 4. The van der Waals surface area contributed by atoms with Gasteiger partial charge >= 0.3 is 0 Å². The molecular formula is C21H37N. The second kappa shape index (κ2) is 8.95. The van der Waals surface area contributed by atoms with Gasteiger partial charge in [-0.15, -0.1) is 0 Å². The molecule has 0 aromatic rings. The fourth-order valence-electron chi connectivity index (χ4n) is 4.91. The van der Waals surface area contributed by atoms with Crippen molar-refractivity contribution in [2.45, 2.75) is 104 Å². The van der Waals surface area contributed by atoms with Crippen LogP contribution in [0.25, 0.3) is 0 Å². The van der Waals surface area contributed by atoms with Gasteiger partial charge in [-0.25, -0.2) is 0 Å². The zero-order valence-electron chi connectivity index (χ0n) is 15.1. The lowest BCUT2D eigenvalue weighted by atomic mass is 9.63. The Morgan fingerprint density at radius 2 is 1.45 bits per heavy atom. The van der Waals surface area contributed by atoms with E-state index in [1.54, 1.807) is 0 Å². The van der Waals surface area contributed by atoms with Gasteiger partial charge in [-0.3, -0.25) is 0 Å². The van der Waals surface area contributed by atoms with Gasteiger partial charge in [0.1, 0.15) is 0 Å². The molecular weight excluding hydrogens is 266 g/mol. The molecule has 0 amide bonds. The summed E-state index contributed by atoms with van der Waals surface area (Å²) < 4.78 is 0. The minimum absolute atomic E-state index is 0.0463. The van der Waals surface area contributed by atoms with Crippen LogP contribution in [0.1, 0.15) is 104 Å². The van der Waals surface area contributed by atoms with Gasteiger partial charge in [0.2, 0.25) is 0 Å². The summed E-state index contributed by atoms with van der Waals surface area (Å²) in [5, 5.41) is 9.73. The van der Waals surface area contributed by atoms with Crippen LogP contribution >= 0.6 is 0 Å². The number of rotatable bonds is 7. The Kier molecular flexibility index (Phi) is 7.26. The standard InChI is InChI=1S/C21H37N/c1-3-4-5-6-7-14-21(17-22)15-12-20(13-16-21)19-10-8-18(2)9-11-19/h18-20H,3-16H2,1-2H3/t18?,19?,20-,21+. The molecule has 0 aromatic heterocycles. The summed E-state index contributed by atoms with van der Waals surface area (Å²) in [5.74, 6) is 2.88. The predicted molar refractivity (Wildman–Crippen MR) is 94.5 cm³/mol. The van der Waals surface area contributed by atoms with Crippen molar-refractivity contribution >= 4 is 0 Å². The highest BCUT2D eigenvalue weighted by Crippen LogP contribution is 2.47. The Morgan fingerprint density at radius 3 is 2.05 bits per heavy atom. The summed E-state index contributed by atoms with van der Waals surface area (Å²) in [4.78, 5) is 0. The molecule has 0 aliphatic heterocycles. The quantitative estimate of drug-likeness (QED) is 0.470. The molecule has 1 heteroatoms. The third-order valence-corrected chi connectivity index (χ3v) is 6.71. The van der Waals surface area contributed by atoms with Crippen molar-refractivity contribution in [2.75, 3.05) is 0 Å². The Hall–Kier alpha value is -0.510. The van der Waals surface area contributed by atoms with Crippen molar-refractivity contribution in [1.29, 1.82) is 5.26 Å². The maximum absolute atomic E-state index is 9.73. The van der Waals surface area contributed by atoms with Crippen LogP contribution in [0.5, 0.6) is 0 Å². The predicted octanol–water partition coefficient (Wildman–Crippen LogP) is 6.87. The number of nitrogens with zero attached hydrogens (tertiary/aromatic N) is 1. The number of hydrogen-bond acceptors (Lipinski definition) is 1. The number of hydrogen-bond donors (Lipinski definition) is 0. The van der Waals surface area contributed by atoms with Crippen molar-refractivity contribution in [3.05, 3.63) is 0 Å². The van der Waals surface area contributed by atoms with Crippen LogP contribution < -0.4 is 0 Å². The van der Waals surface area contributed by atoms with Gasteiger partial charge in [0.25, 0.3) is 0 Å². The van der Waals surface area contributed by atoms with Gasteiger partial charge in [0.15, 0.2) is 0 Å². The summed E-state index contributed by atoms with van der Waals surface area (Å²) in [6.07, 6.45) is 18.7. The van der Waals surface area contributed by atoms with Gasteiger partial charge in [0.05, 0.1) is 11.5 Å². The maximum Gasteiger partial charge on any atom is 0.0689 e. The molecule has 2 fully saturated rings. The lowest BCUT2D eigenvalue weighted by Crippen LogP contribution is -2.30. The molecule has 0 saturated heterocycles. The lowest BCUT2D eigenvalue weighted by Gasteiger charge is -2.40. The minimum atomic E-state index is 0.0463. The fraction of sp³-hybridized carbons (Fsp3) is 0.952. The molecule has 0 radical (unpaired) electrons. The molecule has 0 heterocycles. The van der Waals surface area contributed by atoms with Gasteiger partial charge in [-0.1, -0.05) is 58.8 Å². The SMILES string of the molecule is CCCCCCC[C@]1(C#N)CC[C@@H](C2CCC(C)CC2)CC1. The van der Waals surface area contributed by atoms with E-state index in [2.05, 4.69) is 19.9 Å². The first-order valence-electron chi connectivity index (χ1n) is 10.1. The van der Waals surface area contributed by atoms with Crippen LogP contribution in [0.3, 0.4) is 0 Å². The van der Waals surface area contributed by atoms with E-state index in [1.165, 1.54) is 89.9 Å². The van der Waals surface area contributed by atoms with E-state index in [-0.39, 0.29) is 5.41 Å². The summed E-state index contributed by atoms with van der Waals surface area (Å²) in [6.45, 7) is 4.68. The van der Waals surface area contributed by atoms with Crippen molar-refractivity contribution in [2.24, 2.45) is 23.2 Å². The van der Waals surface area contributed by atoms with E-state index in [1.807, 2.05) is 0 Å². The Balaban J connectivity index is 1.72. The zero-order valence-corrected chi connectivity index (χ0v) is 15.1. The fourth-order valence-corrected chi connectivity index (χ4v) is 4.91. The summed E-state index contributed by atoms with van der Waals surface area (Å²) in [6, 6.07) is 2.74. The molecule has 0 unspecified atom stereocenters. The van der Waals surface area contributed by atoms with Crippen LogP contribution in [0.2, 0.25) is 0 Å². The van der Waals surface area contributed by atoms with Crippen LogP contribution in [-0.2, 0) is 0 Å². The minimum Gasteiger partial charge on any atom is -0.198 e. The number of nitriles is 1. The molecule has 0 spiro atoms. The molecule has 1 nitrogen and oxygen atoms in total. The second-order valence-corrected chi connectivity index (χ2v) is 8.41. The maximum atomic E-state index is 9.73. The molecule has 0 N–H and O–H groups in total. The average Bonchev–Trinajstić information content (AvgIpc) is 2.56. The Morgan fingerprint density at radius 1 is 0.864 bits per heavy atom. The molecule has 2 rings (SSSR count). The van der Waals surface area contributed by atoms with E-state index in [9.17, 15) is 5.26 Å². The molecule has 126 valence electrons. The van der Waals surface area contributed by atoms with E-state index >= 15 is 0 Å². The van der Waals surface area contributed by atoms with E-state index in [0.29, 0.717) is 0 Å². The monoisotopic (exact) mass is 303 g/mol. The molecule has 0 aromatic carbocycles. The third kappa shape index (κ3) is 5.00. The summed E-state index contributed by atoms with van der Waals surface area (Å²) in [7, 11) is 0. The van der Waals surface area contributed by atoms with Crippen molar-refractivity contribution in [1.82, 2.24) is 0 Å². The Labute approximate surface area is 138 Å². The largest absolute Gasteiger partial charge is 0.198 e. The van der Waals surface area contributed by atoms with E-state index in [0.717, 1.165) is 17.8 Å². The normalized spacial score (nSPS) is 36.0. The van der Waals surface area contributed by atoms with Crippen LogP contribution in [0, 0.1) is 34.5 Å². The van der Waals surface area contributed by atoms with Gasteiger partial charge < -0.3 is 0 Å². The lowest BCUT2D eigenvalue weighted by molar-refractivity contribution is 0.119. The second-order valence-electron chi connectivity index (χ2n) is 8.41. The van der Waals surface area contributed by atoms with Crippen molar-refractivity contribution < 1.29 is 0 Å². The topological polar surface area (TPSA) is 23.8 Å². The first-order chi connectivity index (χ1) is 10.7. The smallest absolute Gasteiger partial charge is 0.0689 e. The van der Waals surface area contributed by atoms with Crippen molar-refractivity contribution in [3.8, 4) is 6.07 Å². The van der Waals surface area contributed by atoms with E-state index < -0.39 is 0 Å². The first-order valence-corrected chi connectivity index (χ1v) is 10.1. The highest BCUT2D eigenvalue weighted by Gasteiger charge is 2.37. The van der Waals surface area contributed by atoms with Gasteiger partial charge in [-0.2, -0.15) is 5.26 Å². The highest BCUT2D eigenvalue weighted by molar-refractivity contribution is 5.02. The molecule has 2 aliphatic rings. The Bertz CT molecular complexity index is 337. The van der Waals surface area contributed by atoms with Crippen LogP contribution in [-0.4, -0.2) is 0 Å². The molecule has 0 atom stereocenters. The first kappa shape index (κ1) is 17.8. The highest BCUT2D eigenvalue weighted by atomic mass is 14.4. The van der Waals surface area contributed by atoms with Crippen LogP contribution in [0.4, 0.5) is 0 Å². The molecule has 2 saturated carbocycles. The van der Waals surface area contributed by atoms with Crippen LogP contribution in [0.15, 0.2) is 0 Å². The molecule has 22 heavy (non-hydrogen) atoms. The molecule has 0 bridgehead atoms. The third-order valence-electron chi connectivity index (χ3n) is 6.71. The van der Waals surface area contributed by atoms with Gasteiger partial charge in [0, 0.05) is 0 Å². The summed E-state index contributed by atoms with van der Waals surface area (Å²) >= 11 is 0. The van der Waals surface area contributed by atoms with E-state index in [4.69, 9.17) is 0 Å². The zero-order chi connectivity index (χ0) is 15.8. The summed E-state index contributed by atoms with van der Waals surface area (Å²) in [5.41, 5.74) is 0.0463. The van der Waals surface area contributed by atoms with Crippen molar-refractivity contribution in [3.63, 3.8) is 0 Å². The molecule has 2 aliphatic carbocycles.